The third-order valence-electron chi connectivity index (χ3n) is 5.33. The van der Waals surface area contributed by atoms with Gasteiger partial charge in [-0.3, -0.25) is 4.79 Å². The zero-order valence-corrected chi connectivity index (χ0v) is 24.4. The summed E-state index contributed by atoms with van der Waals surface area (Å²) in [7, 11) is -7.47. The standard InChI is InChI=1S/C14H13FN2O3S.C8H7FO2.C6H8N2O2S/c1-9-5-6-13(15)12(7-9)14(18)17-10-3-2-4-11(8-10)21(16,19)20;1-5-2-3-7(9)6(4-5)8(10)11;7-5-2-1-3-6(4-5)11(8,9)10/h2-8H,1H3,(H,17,18)(H2,16,19,20);2-4H,1H3,(H,10,11);1-4H,7H2,(H2,8,9,10). The quantitative estimate of drug-likeness (QED) is 0.203. The van der Waals surface area contributed by atoms with Gasteiger partial charge in [0.2, 0.25) is 20.0 Å². The average Bonchev–Trinajstić information content (AvgIpc) is 2.91. The van der Waals surface area contributed by atoms with Crippen molar-refractivity contribution in [2.24, 2.45) is 10.3 Å². The van der Waals surface area contributed by atoms with Crippen molar-refractivity contribution in [3.8, 4) is 0 Å². The van der Waals surface area contributed by atoms with Gasteiger partial charge in [0.05, 0.1) is 20.9 Å². The number of aryl methyl sites for hydroxylation is 2. The van der Waals surface area contributed by atoms with E-state index in [1.165, 1.54) is 66.7 Å². The van der Waals surface area contributed by atoms with Gasteiger partial charge in [-0.05, 0) is 74.5 Å². The maximum Gasteiger partial charge on any atom is 0.338 e. The summed E-state index contributed by atoms with van der Waals surface area (Å²) >= 11 is 0. The third kappa shape index (κ3) is 10.9. The molecule has 0 unspecified atom stereocenters. The third-order valence-corrected chi connectivity index (χ3v) is 7.15. The van der Waals surface area contributed by atoms with Crippen molar-refractivity contribution in [1.29, 1.82) is 0 Å². The van der Waals surface area contributed by atoms with Crippen LogP contribution >= 0.6 is 0 Å². The van der Waals surface area contributed by atoms with Crippen LogP contribution in [0, 0.1) is 25.5 Å². The Morgan fingerprint density at radius 3 is 1.60 bits per heavy atom. The van der Waals surface area contributed by atoms with E-state index in [0.717, 1.165) is 17.2 Å². The molecule has 0 bridgehead atoms. The van der Waals surface area contributed by atoms with Crippen LogP contribution in [0.2, 0.25) is 0 Å². The van der Waals surface area contributed by atoms with E-state index in [1.54, 1.807) is 26.0 Å². The smallest absolute Gasteiger partial charge is 0.338 e. The predicted molar refractivity (Wildman–Crippen MR) is 157 cm³/mol. The molecule has 0 radical (unpaired) electrons. The molecule has 4 rings (SSSR count). The number of hydrogen-bond donors (Lipinski definition) is 5. The molecule has 1 amide bonds. The Hall–Kier alpha value is -4.70. The highest BCUT2D eigenvalue weighted by atomic mass is 32.2. The van der Waals surface area contributed by atoms with Crippen LogP contribution in [0.4, 0.5) is 20.2 Å². The number of carboxylic acids is 1. The maximum atomic E-state index is 13.6. The van der Waals surface area contributed by atoms with Crippen molar-refractivity contribution in [1.82, 2.24) is 0 Å². The molecule has 8 N–H and O–H groups in total. The number of anilines is 2. The summed E-state index contributed by atoms with van der Waals surface area (Å²) in [5.74, 6) is -3.24. The van der Waals surface area contributed by atoms with Crippen LogP contribution in [0.25, 0.3) is 0 Å². The zero-order valence-electron chi connectivity index (χ0n) is 22.8. The molecule has 4 aromatic carbocycles. The first-order valence-corrected chi connectivity index (χ1v) is 15.1. The van der Waals surface area contributed by atoms with Crippen LogP contribution in [0.15, 0.2) is 94.7 Å². The van der Waals surface area contributed by atoms with Gasteiger partial charge in [0, 0.05) is 11.4 Å². The lowest BCUT2D eigenvalue weighted by atomic mass is 10.1. The second-order valence-electron chi connectivity index (χ2n) is 8.92. The fraction of sp³-hybridized carbons (Fsp3) is 0.0714. The van der Waals surface area contributed by atoms with Crippen molar-refractivity contribution in [2.45, 2.75) is 23.6 Å². The molecule has 0 aromatic heterocycles. The van der Waals surface area contributed by atoms with Gasteiger partial charge in [0.15, 0.2) is 0 Å². The van der Waals surface area contributed by atoms with Gasteiger partial charge in [-0.15, -0.1) is 0 Å². The summed E-state index contributed by atoms with van der Waals surface area (Å²) < 4.78 is 70.2. The molecule has 0 aliphatic heterocycles. The normalized spacial score (nSPS) is 10.8. The van der Waals surface area contributed by atoms with E-state index in [0.29, 0.717) is 5.69 Å². The van der Waals surface area contributed by atoms with E-state index in [-0.39, 0.29) is 26.6 Å². The molecular formula is C28H28F2N4O7S2. The molecule has 228 valence electrons. The molecule has 0 heterocycles. The summed E-state index contributed by atoms with van der Waals surface area (Å²) in [4.78, 5) is 22.3. The highest BCUT2D eigenvalue weighted by molar-refractivity contribution is 7.89. The number of nitrogens with one attached hydrogen (secondary N) is 1. The van der Waals surface area contributed by atoms with Gasteiger partial charge in [0.25, 0.3) is 5.91 Å². The summed E-state index contributed by atoms with van der Waals surface area (Å²) in [6.07, 6.45) is 0. The van der Waals surface area contributed by atoms with E-state index >= 15 is 0 Å². The molecule has 11 nitrogen and oxygen atoms in total. The Morgan fingerprint density at radius 2 is 1.16 bits per heavy atom. The molecule has 15 heteroatoms. The SMILES string of the molecule is Cc1ccc(F)c(C(=O)Nc2cccc(S(N)(=O)=O)c2)c1.Cc1ccc(F)c(C(=O)O)c1.Nc1cccc(S(N)(=O)=O)c1. The highest BCUT2D eigenvalue weighted by Gasteiger charge is 2.14. The number of carbonyl (C=O) groups excluding carboxylic acids is 1. The van der Waals surface area contributed by atoms with E-state index in [1.807, 2.05) is 0 Å². The number of benzene rings is 4. The highest BCUT2D eigenvalue weighted by Crippen LogP contribution is 2.17. The fourth-order valence-corrected chi connectivity index (χ4v) is 4.38. The number of nitrogens with two attached hydrogens (primary N) is 3. The van der Waals surface area contributed by atoms with Crippen molar-refractivity contribution in [3.63, 3.8) is 0 Å². The molecule has 0 atom stereocenters. The number of halogens is 2. The Balaban J connectivity index is 0.000000247. The summed E-state index contributed by atoms with van der Waals surface area (Å²) in [6.45, 7) is 3.45. The Labute approximate surface area is 247 Å². The number of hydrogen-bond acceptors (Lipinski definition) is 7. The van der Waals surface area contributed by atoms with Gasteiger partial charge in [-0.2, -0.15) is 0 Å². The predicted octanol–water partition coefficient (Wildman–Crippen LogP) is 3.78. The summed E-state index contributed by atoms with van der Waals surface area (Å²) in [5.41, 5.74) is 7.02. The van der Waals surface area contributed by atoms with Gasteiger partial charge in [0.1, 0.15) is 11.6 Å². The molecule has 0 fully saturated rings. The molecule has 0 saturated heterocycles. The van der Waals surface area contributed by atoms with Crippen molar-refractivity contribution < 1.29 is 40.3 Å². The van der Waals surface area contributed by atoms with Crippen LogP contribution in [0.5, 0.6) is 0 Å². The van der Waals surface area contributed by atoms with Crippen molar-refractivity contribution in [2.75, 3.05) is 11.1 Å². The molecule has 0 aliphatic rings. The number of amides is 1. The topological polar surface area (TPSA) is 213 Å². The molecule has 0 aliphatic carbocycles. The second-order valence-corrected chi connectivity index (χ2v) is 12.0. The maximum absolute atomic E-state index is 13.6. The minimum absolute atomic E-state index is 0.0394. The first-order chi connectivity index (χ1) is 19.9. The average molecular weight is 635 g/mol. The van der Waals surface area contributed by atoms with Crippen LogP contribution in [0.1, 0.15) is 31.8 Å². The first-order valence-electron chi connectivity index (χ1n) is 12.0. The number of sulfonamides is 2. The number of nitrogen functional groups attached to an aromatic ring is 1. The molecule has 0 spiro atoms. The fourth-order valence-electron chi connectivity index (χ4n) is 3.26. The number of rotatable bonds is 5. The van der Waals surface area contributed by atoms with Crippen LogP contribution in [0.3, 0.4) is 0 Å². The lowest BCUT2D eigenvalue weighted by Crippen LogP contribution is -2.16. The van der Waals surface area contributed by atoms with Gasteiger partial charge < -0.3 is 16.2 Å². The monoisotopic (exact) mass is 634 g/mol. The minimum Gasteiger partial charge on any atom is -0.478 e. The molecule has 0 saturated carbocycles. The van der Waals surface area contributed by atoms with E-state index < -0.39 is 43.6 Å². The van der Waals surface area contributed by atoms with Gasteiger partial charge in [-0.1, -0.05) is 35.4 Å². The first kappa shape index (κ1) is 34.5. The summed E-state index contributed by atoms with van der Waals surface area (Å²) in [5, 5.41) is 20.7. The Morgan fingerprint density at radius 1 is 0.698 bits per heavy atom. The van der Waals surface area contributed by atoms with Crippen LogP contribution in [-0.2, 0) is 20.0 Å². The molecule has 43 heavy (non-hydrogen) atoms. The zero-order chi connectivity index (χ0) is 32.5. The van der Waals surface area contributed by atoms with Gasteiger partial charge in [-0.25, -0.2) is 40.7 Å². The molecule has 4 aromatic rings. The number of carbonyl (C=O) groups is 2. The van der Waals surface area contributed by atoms with Crippen LogP contribution in [-0.4, -0.2) is 33.8 Å². The largest absolute Gasteiger partial charge is 0.478 e. The number of carboxylic acid groups (broad SMARTS) is 1. The number of primary sulfonamides is 2. The van der Waals surface area contributed by atoms with E-state index in [4.69, 9.17) is 21.1 Å². The van der Waals surface area contributed by atoms with Gasteiger partial charge >= 0.3 is 5.97 Å². The lowest BCUT2D eigenvalue weighted by Gasteiger charge is -2.08. The number of aromatic carboxylic acids is 1. The van der Waals surface area contributed by atoms with Crippen molar-refractivity contribution in [3.05, 3.63) is 119 Å². The Kier molecular flexibility index (Phi) is 11.6. The van der Waals surface area contributed by atoms with E-state index in [9.17, 15) is 35.2 Å². The van der Waals surface area contributed by atoms with Crippen molar-refractivity contribution >= 4 is 43.3 Å². The lowest BCUT2D eigenvalue weighted by molar-refractivity contribution is 0.0691. The van der Waals surface area contributed by atoms with Crippen LogP contribution < -0.4 is 21.3 Å². The Bertz CT molecular complexity index is 1870. The second kappa shape index (κ2) is 14.5. The minimum atomic E-state index is -3.87. The van der Waals surface area contributed by atoms with E-state index in [2.05, 4.69) is 5.32 Å². The summed E-state index contributed by atoms with van der Waals surface area (Å²) in [6, 6.07) is 19.4. The molecular weight excluding hydrogens is 606 g/mol.